The van der Waals surface area contributed by atoms with Crippen molar-refractivity contribution in [2.45, 2.75) is 0 Å². The van der Waals surface area contributed by atoms with E-state index in [1.807, 2.05) is 22.6 Å². The maximum Gasteiger partial charge on any atom is 0.214 e. The summed E-state index contributed by atoms with van der Waals surface area (Å²) in [4.78, 5) is 0. The Kier molecular flexibility index (Phi) is 3.50. The van der Waals surface area contributed by atoms with Crippen molar-refractivity contribution in [3.8, 4) is 11.2 Å². The predicted molar refractivity (Wildman–Crippen MR) is 60.8 cm³/mol. The zero-order chi connectivity index (χ0) is 10.8. The van der Waals surface area contributed by atoms with Crippen molar-refractivity contribution in [2.24, 2.45) is 0 Å². The third kappa shape index (κ3) is 3.64. The van der Waals surface area contributed by atoms with Crippen LogP contribution in [0.15, 0.2) is 18.2 Å². The second kappa shape index (κ2) is 4.28. The minimum atomic E-state index is -3.30. The number of halogens is 2. The van der Waals surface area contributed by atoms with Crippen LogP contribution in [0.2, 0.25) is 0 Å². The number of rotatable bonds is 0. The molecule has 0 unspecified atom stereocenters. The quantitative estimate of drug-likeness (QED) is 0.539. The highest BCUT2D eigenvalue weighted by Crippen LogP contribution is 2.11. The molecule has 14 heavy (non-hydrogen) atoms. The van der Waals surface area contributed by atoms with Gasteiger partial charge in [-0.2, -0.15) is 0 Å². The molecule has 0 heterocycles. The van der Waals surface area contributed by atoms with Crippen LogP contribution in [-0.4, -0.2) is 14.7 Å². The first-order valence-electron chi connectivity index (χ1n) is 3.56. The number of sulfone groups is 1. The summed E-state index contributed by atoms with van der Waals surface area (Å²) in [6, 6.07) is 4.19. The van der Waals surface area contributed by atoms with E-state index in [1.54, 1.807) is 0 Å². The molecule has 1 aromatic carbocycles. The molecule has 0 bridgehead atoms. The van der Waals surface area contributed by atoms with Crippen LogP contribution in [0.1, 0.15) is 5.56 Å². The molecule has 0 saturated carbocycles. The Labute approximate surface area is 95.6 Å². The van der Waals surface area contributed by atoms with Crippen molar-refractivity contribution in [2.75, 3.05) is 6.26 Å². The molecule has 2 nitrogen and oxygen atoms in total. The summed E-state index contributed by atoms with van der Waals surface area (Å²) in [5.74, 6) is 2.11. The van der Waals surface area contributed by atoms with Crippen LogP contribution in [0.5, 0.6) is 0 Å². The van der Waals surface area contributed by atoms with Crippen molar-refractivity contribution < 1.29 is 12.8 Å². The van der Waals surface area contributed by atoms with E-state index in [-0.39, 0.29) is 5.82 Å². The molecule has 0 aliphatic carbocycles. The van der Waals surface area contributed by atoms with E-state index in [1.165, 1.54) is 18.2 Å². The van der Waals surface area contributed by atoms with E-state index < -0.39 is 9.84 Å². The van der Waals surface area contributed by atoms with Crippen molar-refractivity contribution in [3.63, 3.8) is 0 Å². The van der Waals surface area contributed by atoms with Gasteiger partial charge in [0.05, 0.1) is 6.26 Å². The lowest BCUT2D eigenvalue weighted by atomic mass is 10.2. The average molecular weight is 324 g/mol. The zero-order valence-electron chi connectivity index (χ0n) is 7.21. The molecule has 74 valence electrons. The first kappa shape index (κ1) is 11.5. The highest BCUT2D eigenvalue weighted by atomic mass is 127. The maximum atomic E-state index is 12.8. The van der Waals surface area contributed by atoms with Gasteiger partial charge in [-0.25, -0.2) is 12.8 Å². The van der Waals surface area contributed by atoms with Gasteiger partial charge in [-0.05, 0) is 46.7 Å². The molecular weight excluding hydrogens is 318 g/mol. The lowest BCUT2D eigenvalue weighted by molar-refractivity contribution is 0.611. The minimum absolute atomic E-state index is 0.337. The summed E-state index contributed by atoms with van der Waals surface area (Å²) in [5, 5.41) is 2.08. The summed E-state index contributed by atoms with van der Waals surface area (Å²) in [5.41, 5.74) is 0.487. The van der Waals surface area contributed by atoms with Gasteiger partial charge in [0.25, 0.3) is 0 Å². The third-order valence-corrected chi connectivity index (χ3v) is 2.60. The van der Waals surface area contributed by atoms with Gasteiger partial charge >= 0.3 is 0 Å². The summed E-state index contributed by atoms with van der Waals surface area (Å²) in [6.07, 6.45) is 1.02. The topological polar surface area (TPSA) is 34.1 Å². The monoisotopic (exact) mass is 324 g/mol. The van der Waals surface area contributed by atoms with Gasteiger partial charge in [0.2, 0.25) is 9.84 Å². The highest BCUT2D eigenvalue weighted by molar-refractivity contribution is 14.1. The van der Waals surface area contributed by atoms with Gasteiger partial charge in [-0.15, -0.1) is 0 Å². The van der Waals surface area contributed by atoms with Gasteiger partial charge < -0.3 is 0 Å². The molecule has 0 aromatic heterocycles. The standard InChI is InChI=1S/C9H6FIO2S/c1-14(12,13)5-4-7-2-3-8(10)9(11)6-7/h2-3,6H,1H3. The van der Waals surface area contributed by atoms with Crippen LogP contribution in [0, 0.1) is 20.6 Å². The molecule has 0 spiro atoms. The SMILES string of the molecule is CS(=O)(=O)C#Cc1ccc(F)c(I)c1. The fourth-order valence-electron chi connectivity index (χ4n) is 0.726. The van der Waals surface area contributed by atoms with E-state index in [9.17, 15) is 12.8 Å². The lowest BCUT2D eigenvalue weighted by Gasteiger charge is -1.93. The molecule has 0 fully saturated rings. The summed E-state index contributed by atoms with van der Waals surface area (Å²) in [7, 11) is -3.30. The van der Waals surface area contributed by atoms with Gasteiger partial charge in [0.15, 0.2) is 0 Å². The maximum absolute atomic E-state index is 12.8. The fraction of sp³-hybridized carbons (Fsp3) is 0.111. The second-order valence-corrected chi connectivity index (χ2v) is 5.54. The smallest absolute Gasteiger partial charge is 0.214 e. The van der Waals surface area contributed by atoms with Crippen molar-refractivity contribution in [1.82, 2.24) is 0 Å². The van der Waals surface area contributed by atoms with Gasteiger partial charge in [-0.3, -0.25) is 0 Å². The normalized spacial score (nSPS) is 10.5. The van der Waals surface area contributed by atoms with E-state index in [4.69, 9.17) is 0 Å². The Balaban J connectivity index is 3.10. The molecule has 5 heteroatoms. The fourth-order valence-corrected chi connectivity index (χ4v) is 1.54. The van der Waals surface area contributed by atoms with Crippen LogP contribution < -0.4 is 0 Å². The molecule has 0 saturated heterocycles. The molecule has 0 N–H and O–H groups in total. The second-order valence-electron chi connectivity index (χ2n) is 2.63. The Bertz CT molecular complexity index is 511. The average Bonchev–Trinajstić information content (AvgIpc) is 2.06. The van der Waals surface area contributed by atoms with Crippen molar-refractivity contribution >= 4 is 32.4 Å². The molecule has 0 amide bonds. The van der Waals surface area contributed by atoms with Crippen LogP contribution in [0.3, 0.4) is 0 Å². The largest absolute Gasteiger partial charge is 0.216 e. The molecular formula is C9H6FIO2S. The Morgan fingerprint density at radius 1 is 1.43 bits per heavy atom. The molecule has 0 aliphatic heterocycles. The van der Waals surface area contributed by atoms with E-state index >= 15 is 0 Å². The van der Waals surface area contributed by atoms with Gasteiger partial charge in [0, 0.05) is 14.4 Å². The summed E-state index contributed by atoms with van der Waals surface area (Å²) >= 11 is 1.82. The number of hydrogen-bond donors (Lipinski definition) is 0. The van der Waals surface area contributed by atoms with E-state index in [2.05, 4.69) is 11.2 Å². The van der Waals surface area contributed by atoms with E-state index in [0.29, 0.717) is 9.13 Å². The first-order chi connectivity index (χ1) is 6.38. The minimum Gasteiger partial charge on any atom is -0.216 e. The van der Waals surface area contributed by atoms with Crippen molar-refractivity contribution in [1.29, 1.82) is 0 Å². The van der Waals surface area contributed by atoms with Crippen LogP contribution in [-0.2, 0) is 9.84 Å². The lowest BCUT2D eigenvalue weighted by Crippen LogP contribution is -1.89. The Morgan fingerprint density at radius 3 is 2.57 bits per heavy atom. The van der Waals surface area contributed by atoms with Crippen molar-refractivity contribution in [3.05, 3.63) is 33.1 Å². The molecule has 0 radical (unpaired) electrons. The highest BCUT2D eigenvalue weighted by Gasteiger charge is 1.98. The molecule has 1 rings (SSSR count). The van der Waals surface area contributed by atoms with Crippen LogP contribution in [0.25, 0.3) is 0 Å². The molecule has 0 atom stereocenters. The third-order valence-electron chi connectivity index (χ3n) is 1.30. The molecule has 1 aromatic rings. The number of hydrogen-bond acceptors (Lipinski definition) is 2. The van der Waals surface area contributed by atoms with Gasteiger partial charge in [0.1, 0.15) is 5.82 Å². The van der Waals surface area contributed by atoms with Gasteiger partial charge in [-0.1, -0.05) is 0 Å². The summed E-state index contributed by atoms with van der Waals surface area (Å²) < 4.78 is 34.6. The zero-order valence-corrected chi connectivity index (χ0v) is 10.2. The Morgan fingerprint density at radius 2 is 2.07 bits per heavy atom. The Hall–Kier alpha value is -0.610. The number of benzene rings is 1. The first-order valence-corrected chi connectivity index (χ1v) is 6.53. The van der Waals surface area contributed by atoms with Crippen LogP contribution >= 0.6 is 22.6 Å². The van der Waals surface area contributed by atoms with Crippen LogP contribution in [0.4, 0.5) is 4.39 Å². The van der Waals surface area contributed by atoms with E-state index in [0.717, 1.165) is 6.26 Å². The molecule has 0 aliphatic rings. The summed E-state index contributed by atoms with van der Waals surface area (Å²) in [6.45, 7) is 0. The predicted octanol–water partition coefficient (Wildman–Crippen LogP) is 1.78.